The smallest absolute Gasteiger partial charge is 0.323 e. The molecule has 0 radical (unpaired) electrons. The fourth-order valence-corrected chi connectivity index (χ4v) is 2.03. The van der Waals surface area contributed by atoms with Crippen molar-refractivity contribution in [1.29, 1.82) is 0 Å². The van der Waals surface area contributed by atoms with Crippen LogP contribution in [0, 0.1) is 5.41 Å². The topological polar surface area (TPSA) is 78.9 Å². The van der Waals surface area contributed by atoms with Gasteiger partial charge >= 0.3 is 17.9 Å². The first-order valence-electron chi connectivity index (χ1n) is 7.98. The lowest BCUT2D eigenvalue weighted by atomic mass is 9.85. The second-order valence-corrected chi connectivity index (χ2v) is 5.42. The molecule has 0 spiro atoms. The molecule has 0 fully saturated rings. The van der Waals surface area contributed by atoms with Crippen LogP contribution in [0.4, 0.5) is 0 Å². The van der Waals surface area contributed by atoms with Crippen molar-refractivity contribution in [2.45, 2.75) is 40.2 Å². The van der Waals surface area contributed by atoms with Crippen molar-refractivity contribution in [3.05, 3.63) is 35.9 Å². The third-order valence-electron chi connectivity index (χ3n) is 3.52. The van der Waals surface area contributed by atoms with Gasteiger partial charge in [-0.3, -0.25) is 14.4 Å². The van der Waals surface area contributed by atoms with E-state index in [9.17, 15) is 14.4 Å². The predicted octanol–water partition coefficient (Wildman–Crippen LogP) is 2.64. The van der Waals surface area contributed by atoms with E-state index in [1.807, 2.05) is 30.3 Å². The molecule has 0 heterocycles. The summed E-state index contributed by atoms with van der Waals surface area (Å²) < 4.78 is 15.0. The molecule has 132 valence electrons. The Bertz CT molecular complexity index is 534. The van der Waals surface area contributed by atoms with E-state index in [0.29, 0.717) is 0 Å². The molecule has 0 aliphatic heterocycles. The quantitative estimate of drug-likeness (QED) is 0.392. The van der Waals surface area contributed by atoms with Crippen LogP contribution < -0.4 is 0 Å². The second kappa shape index (κ2) is 9.70. The zero-order valence-corrected chi connectivity index (χ0v) is 14.4. The highest BCUT2D eigenvalue weighted by Gasteiger charge is 2.44. The Morgan fingerprint density at radius 2 is 1.46 bits per heavy atom. The molecule has 0 saturated carbocycles. The van der Waals surface area contributed by atoms with Crippen molar-refractivity contribution in [3.63, 3.8) is 0 Å². The van der Waals surface area contributed by atoms with Crippen LogP contribution in [0.2, 0.25) is 0 Å². The molecular weight excluding hydrogens is 312 g/mol. The van der Waals surface area contributed by atoms with Crippen LogP contribution in [-0.2, 0) is 35.2 Å². The molecule has 0 unspecified atom stereocenters. The number of benzene rings is 1. The minimum absolute atomic E-state index is 0.0295. The Morgan fingerprint density at radius 1 is 0.917 bits per heavy atom. The van der Waals surface area contributed by atoms with Gasteiger partial charge in [-0.25, -0.2) is 0 Å². The van der Waals surface area contributed by atoms with E-state index in [4.69, 9.17) is 14.2 Å². The molecule has 1 rings (SSSR count). The van der Waals surface area contributed by atoms with Crippen molar-refractivity contribution in [2.75, 3.05) is 13.2 Å². The van der Waals surface area contributed by atoms with Gasteiger partial charge in [0, 0.05) is 6.42 Å². The standard InChI is InChI=1S/C18H24O6/c1-4-22-16(20)18(3,17(21)23-5-2)12-11-15(19)24-13-14-9-7-6-8-10-14/h6-10H,4-5,11-13H2,1-3H3. The highest BCUT2D eigenvalue weighted by Crippen LogP contribution is 2.27. The summed E-state index contributed by atoms with van der Waals surface area (Å²) in [5.41, 5.74) is -0.651. The number of rotatable bonds is 9. The van der Waals surface area contributed by atoms with Gasteiger partial charge in [-0.2, -0.15) is 0 Å². The molecule has 6 nitrogen and oxygen atoms in total. The van der Waals surface area contributed by atoms with Gasteiger partial charge in [-0.05, 0) is 32.8 Å². The van der Waals surface area contributed by atoms with Crippen LogP contribution >= 0.6 is 0 Å². The molecular formula is C18H24O6. The second-order valence-electron chi connectivity index (χ2n) is 5.42. The molecule has 0 N–H and O–H groups in total. The van der Waals surface area contributed by atoms with Gasteiger partial charge < -0.3 is 14.2 Å². The van der Waals surface area contributed by atoms with Crippen LogP contribution in [0.15, 0.2) is 30.3 Å². The molecule has 1 aromatic carbocycles. The molecule has 0 atom stereocenters. The maximum Gasteiger partial charge on any atom is 0.323 e. The molecule has 1 aromatic rings. The average molecular weight is 336 g/mol. The maximum atomic E-state index is 12.1. The summed E-state index contributed by atoms with van der Waals surface area (Å²) in [7, 11) is 0. The zero-order chi connectivity index (χ0) is 18.0. The Balaban J connectivity index is 2.61. The maximum absolute atomic E-state index is 12.1. The summed E-state index contributed by atoms with van der Waals surface area (Å²) in [6.45, 7) is 5.16. The molecule has 0 aliphatic carbocycles. The van der Waals surface area contributed by atoms with E-state index < -0.39 is 23.3 Å². The van der Waals surface area contributed by atoms with Crippen LogP contribution in [-0.4, -0.2) is 31.1 Å². The number of hydrogen-bond donors (Lipinski definition) is 0. The minimum atomic E-state index is -1.52. The first kappa shape index (κ1) is 19.7. The number of carbonyl (C=O) groups excluding carboxylic acids is 3. The molecule has 0 aliphatic rings. The van der Waals surface area contributed by atoms with Crippen LogP contribution in [0.25, 0.3) is 0 Å². The molecule has 0 aromatic heterocycles. The third kappa shape index (κ3) is 5.68. The van der Waals surface area contributed by atoms with Crippen molar-refractivity contribution in [2.24, 2.45) is 5.41 Å². The monoisotopic (exact) mass is 336 g/mol. The SMILES string of the molecule is CCOC(=O)C(C)(CCC(=O)OCc1ccccc1)C(=O)OCC. The first-order chi connectivity index (χ1) is 11.4. The summed E-state index contributed by atoms with van der Waals surface area (Å²) in [4.78, 5) is 36.1. The molecule has 0 amide bonds. The van der Waals surface area contributed by atoms with Gasteiger partial charge in [0.1, 0.15) is 6.61 Å². The number of hydrogen-bond acceptors (Lipinski definition) is 6. The average Bonchev–Trinajstić information content (AvgIpc) is 2.59. The van der Waals surface area contributed by atoms with Crippen LogP contribution in [0.3, 0.4) is 0 Å². The lowest BCUT2D eigenvalue weighted by molar-refractivity contribution is -0.171. The Kier molecular flexibility index (Phi) is 7.95. The van der Waals surface area contributed by atoms with Crippen LogP contribution in [0.5, 0.6) is 0 Å². The van der Waals surface area contributed by atoms with Gasteiger partial charge in [-0.15, -0.1) is 0 Å². The number of ether oxygens (including phenoxy) is 3. The summed E-state index contributed by atoms with van der Waals surface area (Å²) in [6.07, 6.45) is -0.112. The zero-order valence-electron chi connectivity index (χ0n) is 14.4. The highest BCUT2D eigenvalue weighted by molar-refractivity contribution is 5.99. The molecule has 6 heteroatoms. The lowest BCUT2D eigenvalue weighted by Gasteiger charge is -2.24. The van der Waals surface area contributed by atoms with E-state index in [1.165, 1.54) is 6.92 Å². The normalized spacial score (nSPS) is 10.8. The van der Waals surface area contributed by atoms with Crippen molar-refractivity contribution >= 4 is 17.9 Å². The minimum Gasteiger partial charge on any atom is -0.465 e. The van der Waals surface area contributed by atoms with Crippen molar-refractivity contribution in [3.8, 4) is 0 Å². The van der Waals surface area contributed by atoms with Crippen molar-refractivity contribution < 1.29 is 28.6 Å². The largest absolute Gasteiger partial charge is 0.465 e. The van der Waals surface area contributed by atoms with Gasteiger partial charge in [0.05, 0.1) is 13.2 Å². The summed E-state index contributed by atoms with van der Waals surface area (Å²) >= 11 is 0. The predicted molar refractivity (Wildman–Crippen MR) is 86.8 cm³/mol. The Hall–Kier alpha value is -2.37. The van der Waals surface area contributed by atoms with E-state index >= 15 is 0 Å². The molecule has 24 heavy (non-hydrogen) atoms. The Labute approximate surface area is 142 Å². The van der Waals surface area contributed by atoms with Crippen LogP contribution in [0.1, 0.15) is 39.2 Å². The fraction of sp³-hybridized carbons (Fsp3) is 0.500. The lowest BCUT2D eigenvalue weighted by Crippen LogP contribution is -2.40. The number of esters is 3. The molecule has 0 saturated heterocycles. The van der Waals surface area contributed by atoms with E-state index in [0.717, 1.165) is 5.56 Å². The van der Waals surface area contributed by atoms with E-state index in [1.54, 1.807) is 13.8 Å². The van der Waals surface area contributed by atoms with Gasteiger partial charge in [-0.1, -0.05) is 30.3 Å². The van der Waals surface area contributed by atoms with E-state index in [-0.39, 0.29) is 32.7 Å². The summed E-state index contributed by atoms with van der Waals surface area (Å²) in [5.74, 6) is -1.88. The fourth-order valence-electron chi connectivity index (χ4n) is 2.03. The van der Waals surface area contributed by atoms with Gasteiger partial charge in [0.15, 0.2) is 5.41 Å². The van der Waals surface area contributed by atoms with Crippen molar-refractivity contribution in [1.82, 2.24) is 0 Å². The first-order valence-corrected chi connectivity index (χ1v) is 7.98. The molecule has 0 bridgehead atoms. The van der Waals surface area contributed by atoms with E-state index in [2.05, 4.69) is 0 Å². The Morgan fingerprint density at radius 3 is 1.96 bits per heavy atom. The summed E-state index contributed by atoms with van der Waals surface area (Å²) in [6, 6.07) is 9.25. The summed E-state index contributed by atoms with van der Waals surface area (Å²) in [5, 5.41) is 0. The number of carbonyl (C=O) groups is 3. The highest BCUT2D eigenvalue weighted by atomic mass is 16.6. The van der Waals surface area contributed by atoms with Gasteiger partial charge in [0.2, 0.25) is 0 Å². The third-order valence-corrected chi connectivity index (χ3v) is 3.52. The van der Waals surface area contributed by atoms with Gasteiger partial charge in [0.25, 0.3) is 0 Å².